The third-order valence-corrected chi connectivity index (χ3v) is 6.07. The van der Waals surface area contributed by atoms with Gasteiger partial charge in [-0.25, -0.2) is 4.98 Å². The Hall–Kier alpha value is -1.63. The van der Waals surface area contributed by atoms with E-state index in [9.17, 15) is 14.7 Å². The van der Waals surface area contributed by atoms with E-state index in [1.165, 1.54) is 11.3 Å². The van der Waals surface area contributed by atoms with Gasteiger partial charge < -0.3 is 10.4 Å². The van der Waals surface area contributed by atoms with Gasteiger partial charge in [-0.1, -0.05) is 36.0 Å². The number of carboxylic acid groups (broad SMARTS) is 1. The Kier molecular flexibility index (Phi) is 5.85. The van der Waals surface area contributed by atoms with Crippen molar-refractivity contribution in [2.45, 2.75) is 32.6 Å². The number of aromatic nitrogens is 1. The smallest absolute Gasteiger partial charge is 0.307 e. The highest BCUT2D eigenvalue weighted by atomic mass is 35.5. The number of aryl methyl sites for hydroxylation is 1. The molecule has 0 radical (unpaired) electrons. The molecule has 1 aliphatic rings. The predicted molar refractivity (Wildman–Crippen MR) is 104 cm³/mol. The first-order valence-electron chi connectivity index (χ1n) is 8.33. The minimum atomic E-state index is -0.909. The largest absolute Gasteiger partial charge is 0.481 e. The summed E-state index contributed by atoms with van der Waals surface area (Å²) in [7, 11) is 0. The van der Waals surface area contributed by atoms with Crippen LogP contribution in [0.2, 0.25) is 10.0 Å². The number of nitrogens with zero attached hydrogens (tertiary/aromatic N) is 1. The van der Waals surface area contributed by atoms with Crippen molar-refractivity contribution in [1.82, 2.24) is 4.98 Å². The number of rotatable bonds is 4. The Morgan fingerprint density at radius 2 is 1.92 bits per heavy atom. The maximum absolute atomic E-state index is 12.6. The summed E-state index contributed by atoms with van der Waals surface area (Å²) in [6.45, 7) is 1.90. The van der Waals surface area contributed by atoms with Crippen molar-refractivity contribution >= 4 is 51.5 Å². The van der Waals surface area contributed by atoms with Gasteiger partial charge in [-0.15, -0.1) is 11.3 Å². The van der Waals surface area contributed by atoms with Gasteiger partial charge in [0, 0.05) is 15.5 Å². The van der Waals surface area contributed by atoms with E-state index in [-0.39, 0.29) is 5.91 Å². The zero-order valence-electron chi connectivity index (χ0n) is 14.1. The van der Waals surface area contributed by atoms with Crippen molar-refractivity contribution in [2.75, 3.05) is 5.32 Å². The fraction of sp³-hybridized carbons (Fsp3) is 0.389. The molecular formula is C18H18Cl2N2O3S. The van der Waals surface area contributed by atoms with Gasteiger partial charge in [0.25, 0.3) is 0 Å². The molecule has 1 aliphatic carbocycles. The van der Waals surface area contributed by atoms with Crippen LogP contribution >= 0.6 is 34.5 Å². The maximum Gasteiger partial charge on any atom is 0.307 e. The molecule has 0 saturated heterocycles. The number of carbonyl (C=O) groups excluding carboxylic acids is 1. The van der Waals surface area contributed by atoms with Crippen LogP contribution in [0.1, 0.15) is 30.6 Å². The Morgan fingerprint density at radius 1 is 1.23 bits per heavy atom. The van der Waals surface area contributed by atoms with E-state index in [2.05, 4.69) is 10.3 Å². The lowest BCUT2D eigenvalue weighted by atomic mass is 9.79. The quantitative estimate of drug-likeness (QED) is 0.717. The first-order valence-corrected chi connectivity index (χ1v) is 9.90. The Labute approximate surface area is 165 Å². The molecule has 138 valence electrons. The number of nitrogens with one attached hydrogen (secondary N) is 1. The van der Waals surface area contributed by atoms with Gasteiger partial charge >= 0.3 is 5.97 Å². The number of halogens is 2. The van der Waals surface area contributed by atoms with Crippen molar-refractivity contribution in [3.05, 3.63) is 33.1 Å². The van der Waals surface area contributed by atoms with E-state index in [4.69, 9.17) is 23.2 Å². The standard InChI is InChI=1S/C18H18Cl2N2O3S/c1-9-15(13-7-6-10(19)8-14(13)20)21-18(26-9)22-16(23)11-4-2-3-5-12(11)17(24)25/h6-8,11-12H,2-5H2,1H3,(H,24,25)(H,21,22,23)/t11-,12+/m1/s1. The highest BCUT2D eigenvalue weighted by Gasteiger charge is 2.36. The van der Waals surface area contributed by atoms with Crippen LogP contribution in [0, 0.1) is 18.8 Å². The second-order valence-corrected chi connectivity index (χ2v) is 8.42. The average molecular weight is 413 g/mol. The third-order valence-electron chi connectivity index (χ3n) is 4.63. The summed E-state index contributed by atoms with van der Waals surface area (Å²) >= 11 is 13.5. The van der Waals surface area contributed by atoms with Gasteiger partial charge in [-0.3, -0.25) is 9.59 Å². The molecule has 0 bridgehead atoms. The number of hydrogen-bond donors (Lipinski definition) is 2. The molecule has 1 aromatic carbocycles. The van der Waals surface area contributed by atoms with Gasteiger partial charge in [0.1, 0.15) is 0 Å². The molecule has 8 heteroatoms. The van der Waals surface area contributed by atoms with Gasteiger partial charge in [0.15, 0.2) is 5.13 Å². The highest BCUT2D eigenvalue weighted by Crippen LogP contribution is 2.37. The summed E-state index contributed by atoms with van der Waals surface area (Å²) in [4.78, 5) is 29.4. The summed E-state index contributed by atoms with van der Waals surface area (Å²) in [5.41, 5.74) is 1.43. The van der Waals surface area contributed by atoms with E-state index in [1.54, 1.807) is 18.2 Å². The molecule has 2 aromatic rings. The van der Waals surface area contributed by atoms with Crippen molar-refractivity contribution in [3.63, 3.8) is 0 Å². The zero-order valence-corrected chi connectivity index (χ0v) is 16.4. The van der Waals surface area contributed by atoms with E-state index >= 15 is 0 Å². The highest BCUT2D eigenvalue weighted by molar-refractivity contribution is 7.16. The van der Waals surface area contributed by atoms with Crippen molar-refractivity contribution in [2.24, 2.45) is 11.8 Å². The zero-order chi connectivity index (χ0) is 18.8. The van der Waals surface area contributed by atoms with E-state index in [1.807, 2.05) is 6.92 Å². The summed E-state index contributed by atoms with van der Waals surface area (Å²) in [6.07, 6.45) is 2.83. The van der Waals surface area contributed by atoms with Crippen LogP contribution in [-0.2, 0) is 9.59 Å². The van der Waals surface area contributed by atoms with Crippen LogP contribution < -0.4 is 5.32 Å². The lowest BCUT2D eigenvalue weighted by Gasteiger charge is -2.26. The summed E-state index contributed by atoms with van der Waals surface area (Å²) < 4.78 is 0. The first kappa shape index (κ1) is 19.1. The molecule has 1 saturated carbocycles. The normalized spacial score (nSPS) is 20.0. The Morgan fingerprint density at radius 3 is 2.58 bits per heavy atom. The van der Waals surface area contributed by atoms with Gasteiger partial charge in [-0.05, 0) is 38.0 Å². The van der Waals surface area contributed by atoms with Gasteiger partial charge in [-0.2, -0.15) is 0 Å². The number of thiazole rings is 1. The average Bonchev–Trinajstić information content (AvgIpc) is 2.94. The van der Waals surface area contributed by atoms with E-state index in [0.717, 1.165) is 23.3 Å². The molecule has 0 aliphatic heterocycles. The minimum absolute atomic E-state index is 0.278. The van der Waals surface area contributed by atoms with Crippen LogP contribution in [0.15, 0.2) is 18.2 Å². The van der Waals surface area contributed by atoms with Crippen LogP contribution in [0.3, 0.4) is 0 Å². The summed E-state index contributed by atoms with van der Waals surface area (Å²) in [6, 6.07) is 5.17. The number of hydrogen-bond acceptors (Lipinski definition) is 4. The molecule has 1 amide bonds. The Bertz CT molecular complexity index is 853. The number of amides is 1. The number of anilines is 1. The minimum Gasteiger partial charge on any atom is -0.481 e. The summed E-state index contributed by atoms with van der Waals surface area (Å²) in [5, 5.41) is 13.6. The molecule has 1 heterocycles. The molecule has 1 aromatic heterocycles. The lowest BCUT2D eigenvalue weighted by molar-refractivity contribution is -0.147. The van der Waals surface area contributed by atoms with Crippen molar-refractivity contribution < 1.29 is 14.7 Å². The number of aliphatic carboxylic acids is 1. The fourth-order valence-electron chi connectivity index (χ4n) is 3.32. The van der Waals surface area contributed by atoms with Crippen molar-refractivity contribution in [1.29, 1.82) is 0 Å². The molecular weight excluding hydrogens is 395 g/mol. The third kappa shape index (κ3) is 4.03. The molecule has 26 heavy (non-hydrogen) atoms. The Balaban J connectivity index is 1.80. The molecule has 2 N–H and O–H groups in total. The second kappa shape index (κ2) is 7.94. The monoisotopic (exact) mass is 412 g/mol. The lowest BCUT2D eigenvalue weighted by Crippen LogP contribution is -2.36. The van der Waals surface area contributed by atoms with Crippen molar-refractivity contribution in [3.8, 4) is 11.3 Å². The number of carboxylic acids is 1. The number of benzene rings is 1. The molecule has 0 spiro atoms. The van der Waals surface area contributed by atoms with Crippen LogP contribution in [0.5, 0.6) is 0 Å². The molecule has 1 fully saturated rings. The van der Waals surface area contributed by atoms with Gasteiger partial charge in [0.05, 0.1) is 22.6 Å². The molecule has 0 unspecified atom stereocenters. The molecule has 5 nitrogen and oxygen atoms in total. The topological polar surface area (TPSA) is 79.3 Å². The fourth-order valence-corrected chi connectivity index (χ4v) is 4.65. The van der Waals surface area contributed by atoms with E-state index < -0.39 is 17.8 Å². The molecule has 2 atom stereocenters. The van der Waals surface area contributed by atoms with Gasteiger partial charge in [0.2, 0.25) is 5.91 Å². The van der Waals surface area contributed by atoms with Crippen LogP contribution in [0.4, 0.5) is 5.13 Å². The van der Waals surface area contributed by atoms with Crippen LogP contribution in [0.25, 0.3) is 11.3 Å². The molecule has 3 rings (SSSR count). The van der Waals surface area contributed by atoms with E-state index in [0.29, 0.717) is 33.7 Å². The SMILES string of the molecule is Cc1sc(NC(=O)[C@@H]2CCCC[C@@H]2C(=O)O)nc1-c1ccc(Cl)cc1Cl. The second-order valence-electron chi connectivity index (χ2n) is 6.37. The first-order chi connectivity index (χ1) is 12.4. The van der Waals surface area contributed by atoms with Crippen LogP contribution in [-0.4, -0.2) is 22.0 Å². The summed E-state index contributed by atoms with van der Waals surface area (Å²) in [5.74, 6) is -2.34. The maximum atomic E-state index is 12.6. The predicted octanol–water partition coefficient (Wildman–Crippen LogP) is 5.25. The number of carbonyl (C=O) groups is 2.